The van der Waals surface area contributed by atoms with Gasteiger partial charge >= 0.3 is 0 Å². The summed E-state index contributed by atoms with van der Waals surface area (Å²) in [4.78, 5) is 24.3. The molecule has 0 fully saturated rings. The lowest BCUT2D eigenvalue weighted by molar-refractivity contribution is 0.0693. The highest BCUT2D eigenvalue weighted by Gasteiger charge is 2.34. The Balaban J connectivity index is 1.63. The molecule has 0 radical (unpaired) electrons. The molecule has 1 aliphatic rings. The summed E-state index contributed by atoms with van der Waals surface area (Å²) in [6.45, 7) is 0.560. The number of ether oxygens (including phenoxy) is 2. The number of hydrogen-bond acceptors (Lipinski definition) is 6. The molecule has 0 aliphatic carbocycles. The lowest BCUT2D eigenvalue weighted by Gasteiger charge is -2.38. The zero-order chi connectivity index (χ0) is 22.2. The molecule has 4 heterocycles. The topological polar surface area (TPSA) is 82.4 Å². The minimum Gasteiger partial charge on any atom is -0.493 e. The quantitative estimate of drug-likeness (QED) is 0.496. The number of benzene rings is 1. The van der Waals surface area contributed by atoms with Crippen LogP contribution in [0.25, 0.3) is 11.0 Å². The van der Waals surface area contributed by atoms with Crippen LogP contribution >= 0.6 is 0 Å². The molecule has 1 atom stereocenters. The van der Waals surface area contributed by atoms with Gasteiger partial charge in [0.2, 0.25) is 0 Å². The van der Waals surface area contributed by atoms with Gasteiger partial charge in [-0.1, -0.05) is 6.07 Å². The zero-order valence-corrected chi connectivity index (χ0v) is 18.1. The molecule has 0 bridgehead atoms. The van der Waals surface area contributed by atoms with E-state index < -0.39 is 0 Å². The number of hydrogen-bond donors (Lipinski definition) is 0. The van der Waals surface area contributed by atoms with Crippen molar-refractivity contribution in [3.05, 3.63) is 77.4 Å². The first kappa shape index (κ1) is 20.0. The third-order valence-electron chi connectivity index (χ3n) is 5.98. The van der Waals surface area contributed by atoms with Gasteiger partial charge in [0.25, 0.3) is 5.91 Å². The second-order valence-corrected chi connectivity index (χ2v) is 7.74. The van der Waals surface area contributed by atoms with Gasteiger partial charge in [0.1, 0.15) is 5.52 Å². The molecule has 5 rings (SSSR count). The van der Waals surface area contributed by atoms with Crippen molar-refractivity contribution >= 4 is 16.9 Å². The van der Waals surface area contributed by atoms with Gasteiger partial charge in [0.15, 0.2) is 11.5 Å². The van der Waals surface area contributed by atoms with Crippen LogP contribution in [0.2, 0.25) is 0 Å². The molecule has 4 aromatic rings. The number of rotatable bonds is 4. The van der Waals surface area contributed by atoms with Crippen molar-refractivity contribution in [1.82, 2.24) is 24.6 Å². The second-order valence-electron chi connectivity index (χ2n) is 7.74. The first-order valence-corrected chi connectivity index (χ1v) is 10.3. The summed E-state index contributed by atoms with van der Waals surface area (Å²) < 4.78 is 12.8. The first-order valence-electron chi connectivity index (χ1n) is 10.3. The number of carbonyl (C=O) groups is 1. The van der Waals surface area contributed by atoms with E-state index in [1.165, 1.54) is 0 Å². The summed E-state index contributed by atoms with van der Waals surface area (Å²) in [6, 6.07) is 9.39. The molecule has 8 heteroatoms. The number of aromatic nitrogens is 4. The smallest absolute Gasteiger partial charge is 0.256 e. The fraction of sp³-hybridized carbons (Fsp3) is 0.250. The molecule has 0 N–H and O–H groups in total. The molecule has 1 amide bonds. The van der Waals surface area contributed by atoms with E-state index in [9.17, 15) is 4.79 Å². The molecule has 1 unspecified atom stereocenters. The Hall–Kier alpha value is -3.94. The van der Waals surface area contributed by atoms with Crippen LogP contribution in [-0.2, 0) is 13.5 Å². The molecule has 8 nitrogen and oxygen atoms in total. The normalized spacial score (nSPS) is 15.5. The van der Waals surface area contributed by atoms with Crippen molar-refractivity contribution in [1.29, 1.82) is 0 Å². The van der Waals surface area contributed by atoms with E-state index in [1.807, 2.05) is 42.3 Å². The number of amides is 1. The van der Waals surface area contributed by atoms with Crippen LogP contribution in [0, 0.1) is 0 Å². The molecule has 1 aliphatic heterocycles. The van der Waals surface area contributed by atoms with E-state index in [1.54, 1.807) is 43.7 Å². The minimum atomic E-state index is -0.304. The third-order valence-corrected chi connectivity index (χ3v) is 5.98. The molecule has 32 heavy (non-hydrogen) atoms. The van der Waals surface area contributed by atoms with Crippen molar-refractivity contribution < 1.29 is 14.3 Å². The fourth-order valence-corrected chi connectivity index (χ4v) is 4.37. The molecule has 0 saturated heterocycles. The second kappa shape index (κ2) is 7.96. The first-order chi connectivity index (χ1) is 15.6. The highest BCUT2D eigenvalue weighted by atomic mass is 16.5. The van der Waals surface area contributed by atoms with Crippen LogP contribution in [0.5, 0.6) is 11.5 Å². The van der Waals surface area contributed by atoms with Gasteiger partial charge in [-0.25, -0.2) is 0 Å². The summed E-state index contributed by atoms with van der Waals surface area (Å²) in [7, 11) is 5.08. The summed E-state index contributed by atoms with van der Waals surface area (Å²) >= 11 is 0. The molecule has 1 aromatic carbocycles. The summed E-state index contributed by atoms with van der Waals surface area (Å²) in [5.41, 5.74) is 5.17. The molecule has 0 spiro atoms. The maximum absolute atomic E-state index is 13.7. The van der Waals surface area contributed by atoms with Gasteiger partial charge in [-0.05, 0) is 47.4 Å². The minimum absolute atomic E-state index is 0.0881. The van der Waals surface area contributed by atoms with Crippen molar-refractivity contribution in [3.8, 4) is 11.5 Å². The monoisotopic (exact) mass is 429 g/mol. The Morgan fingerprint density at radius 1 is 1.09 bits per heavy atom. The largest absolute Gasteiger partial charge is 0.493 e. The molecule has 3 aromatic heterocycles. The maximum atomic E-state index is 13.7. The standard InChI is InChI=1S/C24H23N5O3/c1-28-20-9-17(13-26-19(20)14-27-28)24(30)29-8-6-15-10-21(31-2)22(32-3)11-18(15)23(29)16-5-4-7-25-12-16/h4-5,7,9-14,23H,6,8H2,1-3H3. The van der Waals surface area contributed by atoms with Crippen LogP contribution in [0.3, 0.4) is 0 Å². The Labute approximate surface area is 185 Å². The Kier molecular flexibility index (Phi) is 4.97. The summed E-state index contributed by atoms with van der Waals surface area (Å²) in [5, 5.41) is 4.23. The average Bonchev–Trinajstić information content (AvgIpc) is 3.22. The Bertz CT molecular complexity index is 1300. The third kappa shape index (κ3) is 3.24. The van der Waals surface area contributed by atoms with Crippen molar-refractivity contribution in [2.45, 2.75) is 12.5 Å². The molecule has 162 valence electrons. The maximum Gasteiger partial charge on any atom is 0.256 e. The van der Waals surface area contributed by atoms with Gasteiger partial charge < -0.3 is 14.4 Å². The highest BCUT2D eigenvalue weighted by molar-refractivity contribution is 5.97. The van der Waals surface area contributed by atoms with Gasteiger partial charge in [0.05, 0.1) is 37.5 Å². The number of carbonyl (C=O) groups excluding carboxylic acids is 1. The highest BCUT2D eigenvalue weighted by Crippen LogP contribution is 2.41. The van der Waals surface area contributed by atoms with Gasteiger partial charge in [-0.2, -0.15) is 5.10 Å². The molecule has 0 saturated carbocycles. The van der Waals surface area contributed by atoms with Crippen LogP contribution in [0.1, 0.15) is 33.1 Å². The predicted octanol–water partition coefficient (Wildman–Crippen LogP) is 3.17. The van der Waals surface area contributed by atoms with E-state index in [2.05, 4.69) is 15.1 Å². The summed E-state index contributed by atoms with van der Waals surface area (Å²) in [5.74, 6) is 1.23. The van der Waals surface area contributed by atoms with Crippen molar-refractivity contribution in [3.63, 3.8) is 0 Å². The van der Waals surface area contributed by atoms with Gasteiger partial charge in [-0.15, -0.1) is 0 Å². The predicted molar refractivity (Wildman–Crippen MR) is 119 cm³/mol. The molecular formula is C24H23N5O3. The fourth-order valence-electron chi connectivity index (χ4n) is 4.37. The van der Waals surface area contributed by atoms with E-state index >= 15 is 0 Å². The van der Waals surface area contributed by atoms with Crippen LogP contribution in [0.15, 0.2) is 55.1 Å². The summed E-state index contributed by atoms with van der Waals surface area (Å²) in [6.07, 6.45) is 7.56. The van der Waals surface area contributed by atoms with E-state index in [0.29, 0.717) is 30.0 Å². The number of pyridine rings is 2. The number of methoxy groups -OCH3 is 2. The van der Waals surface area contributed by atoms with Crippen LogP contribution < -0.4 is 9.47 Å². The van der Waals surface area contributed by atoms with Crippen LogP contribution in [-0.4, -0.2) is 51.3 Å². The van der Waals surface area contributed by atoms with Crippen LogP contribution in [0.4, 0.5) is 0 Å². The van der Waals surface area contributed by atoms with Gasteiger partial charge in [0, 0.05) is 32.2 Å². The zero-order valence-electron chi connectivity index (χ0n) is 18.1. The molecular weight excluding hydrogens is 406 g/mol. The van der Waals surface area contributed by atoms with Crippen molar-refractivity contribution in [2.24, 2.45) is 7.05 Å². The number of aryl methyl sites for hydroxylation is 1. The van der Waals surface area contributed by atoms with E-state index in [4.69, 9.17) is 9.47 Å². The average molecular weight is 429 g/mol. The van der Waals surface area contributed by atoms with E-state index in [-0.39, 0.29) is 11.9 Å². The van der Waals surface area contributed by atoms with Crippen molar-refractivity contribution in [2.75, 3.05) is 20.8 Å². The van der Waals surface area contributed by atoms with Gasteiger partial charge in [-0.3, -0.25) is 19.4 Å². The Morgan fingerprint density at radius 3 is 2.66 bits per heavy atom. The lowest BCUT2D eigenvalue weighted by Crippen LogP contribution is -2.40. The lowest BCUT2D eigenvalue weighted by atomic mass is 9.88. The number of nitrogens with zero attached hydrogens (tertiary/aromatic N) is 5. The number of fused-ring (bicyclic) bond motifs is 2. The Morgan fingerprint density at radius 2 is 1.91 bits per heavy atom. The van der Waals surface area contributed by atoms with E-state index in [0.717, 1.165) is 27.7 Å². The SMILES string of the molecule is COc1cc2c(cc1OC)C(c1cccnc1)N(C(=O)c1cnc3cnn(C)c3c1)CC2.